The van der Waals surface area contributed by atoms with Crippen LogP contribution >= 0.6 is 0 Å². The zero-order chi connectivity index (χ0) is 25.4. The Hall–Kier alpha value is -2.87. The number of carbonyl (C=O) groups excluding carboxylic acids is 2. The van der Waals surface area contributed by atoms with Crippen LogP contribution in [0, 0.1) is 6.92 Å². The maximum absolute atomic E-state index is 13.6. The van der Waals surface area contributed by atoms with E-state index in [1.54, 1.807) is 25.1 Å². The third-order valence-corrected chi connectivity index (χ3v) is 7.71. The third-order valence-electron chi connectivity index (χ3n) is 6.57. The predicted molar refractivity (Wildman–Crippen MR) is 140 cm³/mol. The van der Waals surface area contributed by atoms with Gasteiger partial charge in [0.05, 0.1) is 11.9 Å². The van der Waals surface area contributed by atoms with Gasteiger partial charge in [0, 0.05) is 12.6 Å². The monoisotopic (exact) mass is 499 g/mol. The van der Waals surface area contributed by atoms with Gasteiger partial charge in [-0.3, -0.25) is 13.9 Å². The molecule has 0 aliphatic heterocycles. The fraction of sp³-hybridized carbons (Fsp3) is 0.481. The number of nitrogens with zero attached hydrogens (tertiary/aromatic N) is 2. The highest BCUT2D eigenvalue weighted by Crippen LogP contribution is 2.20. The van der Waals surface area contributed by atoms with Crippen LogP contribution in [0.1, 0.15) is 50.2 Å². The lowest BCUT2D eigenvalue weighted by atomic mass is 9.95. The molecule has 190 valence electrons. The lowest BCUT2D eigenvalue weighted by molar-refractivity contribution is -0.139. The second-order valence-electron chi connectivity index (χ2n) is 9.45. The minimum absolute atomic E-state index is 0.129. The summed E-state index contributed by atoms with van der Waals surface area (Å²) < 4.78 is 26.4. The summed E-state index contributed by atoms with van der Waals surface area (Å²) in [5, 5.41) is 3.11. The quantitative estimate of drug-likeness (QED) is 0.540. The third kappa shape index (κ3) is 7.82. The molecule has 35 heavy (non-hydrogen) atoms. The van der Waals surface area contributed by atoms with Crippen molar-refractivity contribution in [2.75, 3.05) is 23.7 Å². The maximum atomic E-state index is 13.6. The van der Waals surface area contributed by atoms with Crippen LogP contribution in [0.15, 0.2) is 54.6 Å². The number of carbonyl (C=O) groups is 2. The van der Waals surface area contributed by atoms with Crippen molar-refractivity contribution in [2.24, 2.45) is 0 Å². The number of benzene rings is 2. The van der Waals surface area contributed by atoms with Gasteiger partial charge < -0.3 is 10.2 Å². The molecule has 1 N–H and O–H groups in total. The van der Waals surface area contributed by atoms with Crippen LogP contribution in [0.3, 0.4) is 0 Å². The van der Waals surface area contributed by atoms with Gasteiger partial charge in [-0.2, -0.15) is 0 Å². The summed E-state index contributed by atoms with van der Waals surface area (Å²) in [5.74, 6) is -0.598. The summed E-state index contributed by atoms with van der Waals surface area (Å²) in [4.78, 5) is 28.2. The number of amides is 2. The molecule has 3 rings (SSSR count). The van der Waals surface area contributed by atoms with Crippen LogP contribution in [0.5, 0.6) is 0 Å². The molecule has 2 aromatic carbocycles. The average molecular weight is 500 g/mol. The molecular formula is C27H37N3O4S. The van der Waals surface area contributed by atoms with Crippen molar-refractivity contribution in [3.05, 3.63) is 65.7 Å². The van der Waals surface area contributed by atoms with E-state index in [0.717, 1.165) is 47.4 Å². The Bertz CT molecular complexity index is 1100. The fourth-order valence-corrected chi connectivity index (χ4v) is 5.38. The van der Waals surface area contributed by atoms with Crippen LogP contribution in [0.4, 0.5) is 5.69 Å². The molecule has 0 heterocycles. The number of nitrogens with one attached hydrogen (secondary N) is 1. The van der Waals surface area contributed by atoms with Crippen molar-refractivity contribution in [2.45, 2.75) is 64.5 Å². The Morgan fingerprint density at radius 2 is 1.71 bits per heavy atom. The minimum Gasteiger partial charge on any atom is -0.352 e. The maximum Gasteiger partial charge on any atom is 0.244 e. The van der Waals surface area contributed by atoms with Crippen LogP contribution in [0.25, 0.3) is 0 Å². The number of hydrogen-bond acceptors (Lipinski definition) is 4. The molecular weight excluding hydrogens is 462 g/mol. The number of rotatable bonds is 10. The minimum atomic E-state index is -3.71. The Morgan fingerprint density at radius 3 is 2.34 bits per heavy atom. The molecule has 2 amide bonds. The van der Waals surface area contributed by atoms with Crippen LogP contribution in [0.2, 0.25) is 0 Å². The number of aryl methyl sites for hydroxylation is 1. The highest BCUT2D eigenvalue weighted by molar-refractivity contribution is 7.92. The van der Waals surface area contributed by atoms with Gasteiger partial charge in [-0.25, -0.2) is 8.42 Å². The summed E-state index contributed by atoms with van der Waals surface area (Å²) in [5.41, 5.74) is 2.37. The Morgan fingerprint density at radius 1 is 1.03 bits per heavy atom. The summed E-state index contributed by atoms with van der Waals surface area (Å²) in [6, 6.07) is 16.2. The van der Waals surface area contributed by atoms with Gasteiger partial charge in [0.25, 0.3) is 0 Å². The predicted octanol–water partition coefficient (Wildman–Crippen LogP) is 3.67. The topological polar surface area (TPSA) is 86.8 Å². The molecule has 0 radical (unpaired) electrons. The molecule has 2 aromatic rings. The molecule has 1 aliphatic rings. The Labute approximate surface area is 209 Å². The van der Waals surface area contributed by atoms with Gasteiger partial charge in [-0.1, -0.05) is 61.7 Å². The molecule has 0 spiro atoms. The highest BCUT2D eigenvalue weighted by atomic mass is 32.2. The van der Waals surface area contributed by atoms with E-state index in [4.69, 9.17) is 0 Å². The van der Waals surface area contributed by atoms with Crippen molar-refractivity contribution in [3.63, 3.8) is 0 Å². The molecule has 0 saturated heterocycles. The molecule has 1 fully saturated rings. The second kappa shape index (κ2) is 12.2. The largest absolute Gasteiger partial charge is 0.352 e. The molecule has 1 saturated carbocycles. The smallest absolute Gasteiger partial charge is 0.244 e. The van der Waals surface area contributed by atoms with Gasteiger partial charge in [0.2, 0.25) is 21.8 Å². The van der Waals surface area contributed by atoms with Gasteiger partial charge >= 0.3 is 0 Å². The number of sulfonamides is 1. The first kappa shape index (κ1) is 26.7. The second-order valence-corrected chi connectivity index (χ2v) is 11.4. The van der Waals surface area contributed by atoms with E-state index < -0.39 is 22.0 Å². The first-order valence-corrected chi connectivity index (χ1v) is 14.2. The van der Waals surface area contributed by atoms with Crippen molar-refractivity contribution in [1.82, 2.24) is 10.2 Å². The van der Waals surface area contributed by atoms with E-state index in [1.165, 1.54) is 11.3 Å². The van der Waals surface area contributed by atoms with Gasteiger partial charge in [0.15, 0.2) is 0 Å². The lowest BCUT2D eigenvalue weighted by Gasteiger charge is -2.33. The first-order valence-electron chi connectivity index (χ1n) is 12.3. The number of hydrogen-bond donors (Lipinski definition) is 1. The van der Waals surface area contributed by atoms with E-state index in [9.17, 15) is 18.0 Å². The molecule has 0 unspecified atom stereocenters. The molecule has 0 aromatic heterocycles. The van der Waals surface area contributed by atoms with E-state index in [-0.39, 0.29) is 18.5 Å². The van der Waals surface area contributed by atoms with Crippen LogP contribution in [-0.2, 0) is 26.0 Å². The first-order chi connectivity index (χ1) is 16.6. The fourth-order valence-electron chi connectivity index (χ4n) is 4.54. The Kier molecular flexibility index (Phi) is 9.32. The number of anilines is 1. The molecule has 1 atom stereocenters. The van der Waals surface area contributed by atoms with Crippen LogP contribution < -0.4 is 9.62 Å². The van der Waals surface area contributed by atoms with E-state index in [1.807, 2.05) is 43.3 Å². The van der Waals surface area contributed by atoms with E-state index in [0.29, 0.717) is 18.7 Å². The van der Waals surface area contributed by atoms with Gasteiger partial charge in [-0.15, -0.1) is 0 Å². The lowest BCUT2D eigenvalue weighted by Crippen LogP contribution is -2.53. The zero-order valence-corrected chi connectivity index (χ0v) is 21.8. The van der Waals surface area contributed by atoms with Crippen molar-refractivity contribution in [3.8, 4) is 0 Å². The summed E-state index contributed by atoms with van der Waals surface area (Å²) >= 11 is 0. The van der Waals surface area contributed by atoms with Crippen LogP contribution in [-0.4, -0.2) is 56.6 Å². The van der Waals surface area contributed by atoms with Gasteiger partial charge in [0.1, 0.15) is 12.6 Å². The average Bonchev–Trinajstić information content (AvgIpc) is 2.83. The summed E-state index contributed by atoms with van der Waals surface area (Å²) in [6.45, 7) is 3.54. The zero-order valence-electron chi connectivity index (χ0n) is 20.9. The van der Waals surface area contributed by atoms with Gasteiger partial charge in [-0.05, 0) is 56.4 Å². The van der Waals surface area contributed by atoms with E-state index in [2.05, 4.69) is 5.32 Å². The summed E-state index contributed by atoms with van der Waals surface area (Å²) in [7, 11) is -3.71. The Balaban J connectivity index is 1.81. The standard InChI is InChI=1S/C27H37N3O4S/c1-21-11-10-16-25(19-21)30(35(3,33)34)20-26(31)29(18-17-23-12-6-4-7-13-23)22(2)27(32)28-24-14-8-5-9-15-24/h4,6-7,10-13,16,19,22,24H,5,8-9,14-15,17-18,20H2,1-3H3,(H,28,32)/t22-/m0/s1. The SMILES string of the molecule is Cc1cccc(N(CC(=O)N(CCc2ccccc2)[C@@H](C)C(=O)NC2CCCCC2)S(C)(=O)=O)c1. The van der Waals surface area contributed by atoms with Crippen molar-refractivity contribution >= 4 is 27.5 Å². The molecule has 7 nitrogen and oxygen atoms in total. The summed E-state index contributed by atoms with van der Waals surface area (Å²) in [6.07, 6.45) is 6.93. The van der Waals surface area contributed by atoms with Crippen molar-refractivity contribution in [1.29, 1.82) is 0 Å². The molecule has 8 heteroatoms. The normalized spacial score (nSPS) is 15.3. The van der Waals surface area contributed by atoms with Crippen molar-refractivity contribution < 1.29 is 18.0 Å². The van der Waals surface area contributed by atoms with E-state index >= 15 is 0 Å². The molecule has 1 aliphatic carbocycles. The highest BCUT2D eigenvalue weighted by Gasteiger charge is 2.30. The molecule has 0 bridgehead atoms.